The van der Waals surface area contributed by atoms with Crippen molar-refractivity contribution in [1.82, 2.24) is 9.55 Å². The van der Waals surface area contributed by atoms with Crippen LogP contribution in [0.15, 0.2) is 58.5 Å². The molecular formula is C25H23FN2O4S2. The van der Waals surface area contributed by atoms with Gasteiger partial charge in [-0.05, 0) is 54.8 Å². The van der Waals surface area contributed by atoms with Crippen LogP contribution in [0.2, 0.25) is 0 Å². The van der Waals surface area contributed by atoms with E-state index in [9.17, 15) is 14.0 Å². The Hall–Kier alpha value is -3.17. The SMILES string of the molecule is CCOC(=O)c1sc2nc(SCc3cccc(F)c3)n(Cc3ccc(OC)cc3)c(=O)c2c1C. The van der Waals surface area contributed by atoms with E-state index in [0.29, 0.717) is 38.1 Å². The van der Waals surface area contributed by atoms with Gasteiger partial charge in [-0.1, -0.05) is 36.0 Å². The van der Waals surface area contributed by atoms with Crippen molar-refractivity contribution >= 4 is 39.3 Å². The number of rotatable bonds is 8. The molecule has 6 nitrogen and oxygen atoms in total. The zero-order valence-electron chi connectivity index (χ0n) is 19.0. The van der Waals surface area contributed by atoms with E-state index in [1.807, 2.05) is 30.3 Å². The number of ether oxygens (including phenoxy) is 2. The van der Waals surface area contributed by atoms with Gasteiger partial charge in [0, 0.05) is 5.75 Å². The minimum absolute atomic E-state index is 0.230. The van der Waals surface area contributed by atoms with Gasteiger partial charge in [-0.3, -0.25) is 9.36 Å². The number of carbonyl (C=O) groups excluding carboxylic acids is 1. The molecule has 0 aliphatic carbocycles. The molecule has 4 rings (SSSR count). The number of methoxy groups -OCH3 is 1. The van der Waals surface area contributed by atoms with E-state index in [2.05, 4.69) is 0 Å². The maximum absolute atomic E-state index is 13.6. The highest BCUT2D eigenvalue weighted by Gasteiger charge is 2.22. The van der Waals surface area contributed by atoms with E-state index in [1.54, 1.807) is 31.6 Å². The zero-order valence-corrected chi connectivity index (χ0v) is 20.6. The van der Waals surface area contributed by atoms with Gasteiger partial charge in [-0.25, -0.2) is 14.2 Å². The monoisotopic (exact) mass is 498 g/mol. The second-order valence-corrected chi connectivity index (χ2v) is 9.45. The first kappa shape index (κ1) is 24.0. The number of fused-ring (bicyclic) bond motifs is 1. The Kier molecular flexibility index (Phi) is 7.33. The van der Waals surface area contributed by atoms with Gasteiger partial charge in [0.15, 0.2) is 5.16 Å². The smallest absolute Gasteiger partial charge is 0.348 e. The second kappa shape index (κ2) is 10.4. The van der Waals surface area contributed by atoms with Crippen LogP contribution in [0.3, 0.4) is 0 Å². The third-order valence-corrected chi connectivity index (χ3v) is 7.45. The molecule has 9 heteroatoms. The number of esters is 1. The molecule has 0 unspecified atom stereocenters. The fourth-order valence-electron chi connectivity index (χ4n) is 3.53. The van der Waals surface area contributed by atoms with E-state index in [1.165, 1.54) is 23.9 Å². The molecule has 2 aromatic carbocycles. The summed E-state index contributed by atoms with van der Waals surface area (Å²) in [6, 6.07) is 13.8. The molecule has 0 radical (unpaired) electrons. The second-order valence-electron chi connectivity index (χ2n) is 7.51. The molecule has 0 bridgehead atoms. The Morgan fingerprint density at radius 1 is 1.18 bits per heavy atom. The zero-order chi connectivity index (χ0) is 24.2. The van der Waals surface area contributed by atoms with Crippen LogP contribution in [-0.2, 0) is 17.0 Å². The standard InChI is InChI=1S/C25H23FN2O4S2/c1-4-32-24(30)21-15(2)20-22(34-21)27-25(33-14-17-6-5-7-18(26)12-17)28(23(20)29)13-16-8-10-19(31-3)11-9-16/h5-12H,4,13-14H2,1-3H3. The normalized spacial score (nSPS) is 11.1. The van der Waals surface area contributed by atoms with Crippen molar-refractivity contribution < 1.29 is 18.7 Å². The summed E-state index contributed by atoms with van der Waals surface area (Å²) in [6.07, 6.45) is 0. The van der Waals surface area contributed by atoms with Crippen molar-refractivity contribution in [2.45, 2.75) is 31.3 Å². The Balaban J connectivity index is 1.79. The molecule has 0 amide bonds. The van der Waals surface area contributed by atoms with Crippen molar-refractivity contribution in [1.29, 1.82) is 0 Å². The van der Waals surface area contributed by atoms with Crippen LogP contribution in [0.25, 0.3) is 10.2 Å². The van der Waals surface area contributed by atoms with Crippen LogP contribution >= 0.6 is 23.1 Å². The fraction of sp³-hybridized carbons (Fsp3) is 0.240. The van der Waals surface area contributed by atoms with Crippen molar-refractivity contribution in [3.63, 3.8) is 0 Å². The molecule has 0 spiro atoms. The number of hydrogen-bond donors (Lipinski definition) is 0. The molecule has 0 fully saturated rings. The van der Waals surface area contributed by atoms with Crippen LogP contribution in [0.1, 0.15) is 33.3 Å². The molecule has 176 valence electrons. The first-order valence-electron chi connectivity index (χ1n) is 10.6. The Labute approximate surface area is 204 Å². The van der Waals surface area contributed by atoms with Gasteiger partial charge in [0.05, 0.1) is 25.6 Å². The van der Waals surface area contributed by atoms with Crippen LogP contribution in [0.4, 0.5) is 4.39 Å². The summed E-state index contributed by atoms with van der Waals surface area (Å²) in [5.41, 5.74) is 2.02. The van der Waals surface area contributed by atoms with Gasteiger partial charge in [0.1, 0.15) is 21.3 Å². The fourth-order valence-corrected chi connectivity index (χ4v) is 5.58. The molecule has 2 heterocycles. The molecule has 0 saturated heterocycles. The maximum atomic E-state index is 13.6. The Morgan fingerprint density at radius 3 is 2.62 bits per heavy atom. The highest BCUT2D eigenvalue weighted by Crippen LogP contribution is 2.31. The van der Waals surface area contributed by atoms with Crippen LogP contribution < -0.4 is 10.3 Å². The molecule has 0 aliphatic heterocycles. The molecule has 34 heavy (non-hydrogen) atoms. The van der Waals surface area contributed by atoms with Crippen molar-refractivity contribution in [2.75, 3.05) is 13.7 Å². The van der Waals surface area contributed by atoms with E-state index in [0.717, 1.165) is 28.2 Å². The van der Waals surface area contributed by atoms with Gasteiger partial charge in [0.2, 0.25) is 0 Å². The lowest BCUT2D eigenvalue weighted by atomic mass is 10.2. The summed E-state index contributed by atoms with van der Waals surface area (Å²) >= 11 is 2.51. The number of halogens is 1. The molecule has 0 atom stereocenters. The topological polar surface area (TPSA) is 70.4 Å². The largest absolute Gasteiger partial charge is 0.497 e. The predicted molar refractivity (Wildman–Crippen MR) is 133 cm³/mol. The highest BCUT2D eigenvalue weighted by atomic mass is 32.2. The van der Waals surface area contributed by atoms with Crippen LogP contribution in [-0.4, -0.2) is 29.2 Å². The first-order chi connectivity index (χ1) is 16.4. The minimum Gasteiger partial charge on any atom is -0.497 e. The number of benzene rings is 2. The lowest BCUT2D eigenvalue weighted by Gasteiger charge is -2.13. The number of carbonyl (C=O) groups is 1. The average Bonchev–Trinajstić information content (AvgIpc) is 3.17. The predicted octanol–water partition coefficient (Wildman–Crippen LogP) is 5.43. The summed E-state index contributed by atoms with van der Waals surface area (Å²) in [4.78, 5) is 31.7. The summed E-state index contributed by atoms with van der Waals surface area (Å²) < 4.78 is 25.6. The van der Waals surface area contributed by atoms with Gasteiger partial charge in [-0.15, -0.1) is 11.3 Å². The average molecular weight is 499 g/mol. The molecule has 0 N–H and O–H groups in total. The molecule has 0 aliphatic rings. The molecule has 0 saturated carbocycles. The lowest BCUT2D eigenvalue weighted by molar-refractivity contribution is 0.0531. The van der Waals surface area contributed by atoms with Gasteiger partial charge in [0.25, 0.3) is 5.56 Å². The van der Waals surface area contributed by atoms with E-state index in [-0.39, 0.29) is 18.0 Å². The number of aryl methyl sites for hydroxylation is 1. The number of hydrogen-bond acceptors (Lipinski definition) is 7. The van der Waals surface area contributed by atoms with Crippen LogP contribution in [0, 0.1) is 12.7 Å². The molecular weight excluding hydrogens is 475 g/mol. The maximum Gasteiger partial charge on any atom is 0.348 e. The molecule has 2 aromatic heterocycles. The van der Waals surface area contributed by atoms with Crippen molar-refractivity contribution in [3.8, 4) is 5.75 Å². The third-order valence-electron chi connectivity index (χ3n) is 5.23. The van der Waals surface area contributed by atoms with Gasteiger partial charge in [-0.2, -0.15) is 0 Å². The van der Waals surface area contributed by atoms with Crippen molar-refractivity contribution in [2.24, 2.45) is 0 Å². The van der Waals surface area contributed by atoms with Crippen LogP contribution in [0.5, 0.6) is 5.75 Å². The number of aromatic nitrogens is 2. The minimum atomic E-state index is -0.460. The number of thioether (sulfide) groups is 1. The Morgan fingerprint density at radius 2 is 1.94 bits per heavy atom. The van der Waals surface area contributed by atoms with E-state index >= 15 is 0 Å². The van der Waals surface area contributed by atoms with Gasteiger partial charge >= 0.3 is 5.97 Å². The summed E-state index contributed by atoms with van der Waals surface area (Å²) in [5.74, 6) is 0.384. The molecule has 4 aromatic rings. The number of nitrogens with zero attached hydrogens (tertiary/aromatic N) is 2. The number of thiophene rings is 1. The summed E-state index contributed by atoms with van der Waals surface area (Å²) in [5, 5.41) is 0.908. The van der Waals surface area contributed by atoms with E-state index < -0.39 is 5.97 Å². The quantitative estimate of drug-likeness (QED) is 0.183. The lowest BCUT2D eigenvalue weighted by Crippen LogP contribution is -2.24. The highest BCUT2D eigenvalue weighted by molar-refractivity contribution is 7.98. The summed E-state index contributed by atoms with van der Waals surface area (Å²) in [7, 11) is 1.60. The van der Waals surface area contributed by atoms with Crippen molar-refractivity contribution in [3.05, 3.63) is 86.3 Å². The van der Waals surface area contributed by atoms with Gasteiger partial charge < -0.3 is 9.47 Å². The van der Waals surface area contributed by atoms with E-state index in [4.69, 9.17) is 14.5 Å². The first-order valence-corrected chi connectivity index (χ1v) is 12.4. The summed E-state index contributed by atoms with van der Waals surface area (Å²) in [6.45, 7) is 4.02. The third kappa shape index (κ3) is 5.00. The Bertz CT molecular complexity index is 1400.